The fourth-order valence-corrected chi connectivity index (χ4v) is 2.88. The van der Waals surface area contributed by atoms with Gasteiger partial charge in [-0.2, -0.15) is 0 Å². The van der Waals surface area contributed by atoms with E-state index in [0.717, 1.165) is 44.2 Å². The van der Waals surface area contributed by atoms with Gasteiger partial charge < -0.3 is 25.0 Å². The van der Waals surface area contributed by atoms with Crippen LogP contribution in [0, 0.1) is 0 Å². The second kappa shape index (κ2) is 11.5. The van der Waals surface area contributed by atoms with Gasteiger partial charge in [-0.1, -0.05) is 12.1 Å². The molecule has 1 aromatic carbocycles. The quantitative estimate of drug-likeness (QED) is 0.370. The molecule has 1 aliphatic rings. The molecule has 7 heteroatoms. The van der Waals surface area contributed by atoms with E-state index < -0.39 is 0 Å². The molecule has 2 N–H and O–H groups in total. The zero-order chi connectivity index (χ0) is 17.4. The predicted octanol–water partition coefficient (Wildman–Crippen LogP) is 2.26. The van der Waals surface area contributed by atoms with E-state index in [2.05, 4.69) is 46.8 Å². The number of halogens is 1. The molecule has 0 amide bonds. The molecule has 2 atom stereocenters. The van der Waals surface area contributed by atoms with Crippen LogP contribution in [0.4, 0.5) is 0 Å². The first-order chi connectivity index (χ1) is 11.6. The van der Waals surface area contributed by atoms with E-state index in [9.17, 15) is 0 Å². The van der Waals surface area contributed by atoms with E-state index in [1.165, 1.54) is 5.56 Å². The van der Waals surface area contributed by atoms with Crippen LogP contribution in [-0.4, -0.2) is 64.9 Å². The zero-order valence-corrected chi connectivity index (χ0v) is 17.9. The highest BCUT2D eigenvalue weighted by Crippen LogP contribution is 2.22. The number of hydrogen-bond acceptors (Lipinski definition) is 4. The third kappa shape index (κ3) is 6.99. The van der Waals surface area contributed by atoms with Gasteiger partial charge in [0.15, 0.2) is 5.96 Å². The van der Waals surface area contributed by atoms with Crippen molar-refractivity contribution in [2.75, 3.05) is 47.9 Å². The van der Waals surface area contributed by atoms with Crippen LogP contribution in [0.2, 0.25) is 0 Å². The summed E-state index contributed by atoms with van der Waals surface area (Å²) in [6.45, 7) is 2.42. The maximum atomic E-state index is 5.64. The van der Waals surface area contributed by atoms with Gasteiger partial charge in [-0.3, -0.25) is 4.99 Å². The molecule has 1 aromatic rings. The minimum absolute atomic E-state index is 0. The summed E-state index contributed by atoms with van der Waals surface area (Å²) in [6.07, 6.45) is 2.57. The number of rotatable bonds is 7. The number of benzene rings is 1. The molecule has 0 bridgehead atoms. The van der Waals surface area contributed by atoms with E-state index in [4.69, 9.17) is 9.47 Å². The highest BCUT2D eigenvalue weighted by atomic mass is 127. The average molecular weight is 462 g/mol. The van der Waals surface area contributed by atoms with Gasteiger partial charge >= 0.3 is 0 Å². The van der Waals surface area contributed by atoms with Crippen molar-refractivity contribution in [3.05, 3.63) is 29.8 Å². The molecule has 1 heterocycles. The second-order valence-corrected chi connectivity index (χ2v) is 6.23. The van der Waals surface area contributed by atoms with Crippen LogP contribution in [0.5, 0.6) is 5.75 Å². The van der Waals surface area contributed by atoms with E-state index in [0.29, 0.717) is 6.10 Å². The Balaban J connectivity index is 0.00000312. The summed E-state index contributed by atoms with van der Waals surface area (Å²) >= 11 is 0. The van der Waals surface area contributed by atoms with Gasteiger partial charge in [0.25, 0.3) is 0 Å². The Morgan fingerprint density at radius 2 is 2.20 bits per heavy atom. The Labute approximate surface area is 168 Å². The molecule has 2 unspecified atom stereocenters. The molecular weight excluding hydrogens is 431 g/mol. The van der Waals surface area contributed by atoms with Crippen LogP contribution in [0.1, 0.15) is 24.4 Å². The van der Waals surface area contributed by atoms with Crippen molar-refractivity contribution in [3.8, 4) is 5.75 Å². The van der Waals surface area contributed by atoms with Crippen molar-refractivity contribution in [1.82, 2.24) is 15.5 Å². The number of ether oxygens (including phenoxy) is 2. The van der Waals surface area contributed by atoms with E-state index in [-0.39, 0.29) is 30.0 Å². The zero-order valence-electron chi connectivity index (χ0n) is 15.6. The minimum atomic E-state index is 0. The number of likely N-dealkylation sites (N-methyl/N-ethyl adjacent to an activating group) is 1. The number of aliphatic imine (C=N–C) groups is 1. The Hall–Kier alpha value is -1.06. The third-order valence-corrected chi connectivity index (χ3v) is 4.31. The lowest BCUT2D eigenvalue weighted by molar-refractivity contribution is 0.113. The Kier molecular flexibility index (Phi) is 10.1. The van der Waals surface area contributed by atoms with Gasteiger partial charge in [0.1, 0.15) is 5.75 Å². The average Bonchev–Trinajstić information content (AvgIpc) is 3.11. The van der Waals surface area contributed by atoms with Gasteiger partial charge in [0.05, 0.1) is 19.3 Å². The van der Waals surface area contributed by atoms with Crippen LogP contribution >= 0.6 is 24.0 Å². The first kappa shape index (κ1) is 22.0. The number of nitrogens with one attached hydrogen (secondary N) is 2. The van der Waals surface area contributed by atoms with Crippen LogP contribution in [-0.2, 0) is 4.74 Å². The fraction of sp³-hybridized carbons (Fsp3) is 0.611. The highest BCUT2D eigenvalue weighted by Gasteiger charge is 2.17. The molecule has 0 radical (unpaired) electrons. The van der Waals surface area contributed by atoms with Crippen molar-refractivity contribution in [3.63, 3.8) is 0 Å². The number of hydrogen-bond donors (Lipinski definition) is 2. The van der Waals surface area contributed by atoms with Crippen molar-refractivity contribution in [2.45, 2.75) is 25.0 Å². The normalized spacial score (nSPS) is 18.6. The summed E-state index contributed by atoms with van der Waals surface area (Å²) in [7, 11) is 7.64. The molecular formula is C18H31IN4O2. The van der Waals surface area contributed by atoms with Gasteiger partial charge in [0, 0.05) is 26.7 Å². The molecule has 2 rings (SSSR count). The summed E-state index contributed by atoms with van der Waals surface area (Å²) < 4.78 is 11.0. The molecule has 25 heavy (non-hydrogen) atoms. The van der Waals surface area contributed by atoms with Crippen molar-refractivity contribution >= 4 is 29.9 Å². The topological polar surface area (TPSA) is 58.1 Å². The summed E-state index contributed by atoms with van der Waals surface area (Å²) in [5, 5.41) is 6.76. The largest absolute Gasteiger partial charge is 0.497 e. The molecule has 0 aromatic heterocycles. The molecule has 1 aliphatic heterocycles. The van der Waals surface area contributed by atoms with Crippen LogP contribution in [0.15, 0.2) is 29.3 Å². The van der Waals surface area contributed by atoms with Gasteiger partial charge in [0.2, 0.25) is 0 Å². The first-order valence-corrected chi connectivity index (χ1v) is 8.50. The second-order valence-electron chi connectivity index (χ2n) is 6.23. The summed E-state index contributed by atoms with van der Waals surface area (Å²) in [4.78, 5) is 6.49. The number of methoxy groups -OCH3 is 1. The van der Waals surface area contributed by atoms with Crippen molar-refractivity contribution < 1.29 is 9.47 Å². The molecule has 6 nitrogen and oxygen atoms in total. The Morgan fingerprint density at radius 1 is 1.40 bits per heavy atom. The van der Waals surface area contributed by atoms with Crippen molar-refractivity contribution in [2.24, 2.45) is 4.99 Å². The predicted molar refractivity (Wildman–Crippen MR) is 113 cm³/mol. The smallest absolute Gasteiger partial charge is 0.191 e. The fourth-order valence-electron chi connectivity index (χ4n) is 2.88. The maximum Gasteiger partial charge on any atom is 0.191 e. The minimum Gasteiger partial charge on any atom is -0.497 e. The van der Waals surface area contributed by atoms with E-state index >= 15 is 0 Å². The number of guanidine groups is 1. The SMILES string of the molecule is CN=C(NCC1CCCO1)NCC(c1cccc(OC)c1)N(C)C.I. The first-order valence-electron chi connectivity index (χ1n) is 8.50. The summed E-state index contributed by atoms with van der Waals surface area (Å²) in [5.74, 6) is 1.68. The number of nitrogens with zero attached hydrogens (tertiary/aromatic N) is 2. The maximum absolute atomic E-state index is 5.64. The highest BCUT2D eigenvalue weighted by molar-refractivity contribution is 14.0. The van der Waals surface area contributed by atoms with Crippen LogP contribution in [0.25, 0.3) is 0 Å². The monoisotopic (exact) mass is 462 g/mol. The molecule has 0 saturated carbocycles. The van der Waals surface area contributed by atoms with Gasteiger partial charge in [-0.25, -0.2) is 0 Å². The standard InChI is InChI=1S/C18H30N4O2.HI/c1-19-18(20-12-16-9-6-10-24-16)21-13-17(22(2)3)14-7-5-8-15(11-14)23-4;/h5,7-8,11,16-17H,6,9-10,12-13H2,1-4H3,(H2,19,20,21);1H. The molecule has 1 fully saturated rings. The molecule has 142 valence electrons. The van der Waals surface area contributed by atoms with E-state index in [1.54, 1.807) is 14.2 Å². The van der Waals surface area contributed by atoms with Crippen molar-refractivity contribution in [1.29, 1.82) is 0 Å². The summed E-state index contributed by atoms with van der Waals surface area (Å²) in [5.41, 5.74) is 1.21. The third-order valence-electron chi connectivity index (χ3n) is 4.31. The van der Waals surface area contributed by atoms with Gasteiger partial charge in [-0.05, 0) is 44.6 Å². The lowest BCUT2D eigenvalue weighted by atomic mass is 10.1. The lowest BCUT2D eigenvalue weighted by Crippen LogP contribution is -2.44. The molecule has 1 saturated heterocycles. The molecule has 0 spiro atoms. The van der Waals surface area contributed by atoms with Crippen LogP contribution in [0.3, 0.4) is 0 Å². The Morgan fingerprint density at radius 3 is 2.80 bits per heavy atom. The van der Waals surface area contributed by atoms with Gasteiger partial charge in [-0.15, -0.1) is 24.0 Å². The lowest BCUT2D eigenvalue weighted by Gasteiger charge is -2.26. The summed E-state index contributed by atoms with van der Waals surface area (Å²) in [6, 6.07) is 8.41. The Bertz CT molecular complexity index is 534. The van der Waals surface area contributed by atoms with Crippen LogP contribution < -0.4 is 15.4 Å². The molecule has 0 aliphatic carbocycles. The van der Waals surface area contributed by atoms with E-state index in [1.807, 2.05) is 12.1 Å².